The van der Waals surface area contributed by atoms with Crippen LogP contribution in [0.4, 0.5) is 0 Å². The average Bonchev–Trinajstić information content (AvgIpc) is 2.28. The number of hydrogen-bond donors (Lipinski definition) is 1. The lowest BCUT2D eigenvalue weighted by Crippen LogP contribution is -2.35. The molecule has 0 saturated heterocycles. The Kier molecular flexibility index (Phi) is 7.28. The standard InChI is InChI=1S/C12H19NO2/c1-5-7-8-10(6-2)9-11(13-3)12(14)15-4/h5-8,11,13H,2,9H2,1,3-4H3/b7-5-,10-8+. The summed E-state index contributed by atoms with van der Waals surface area (Å²) in [6.07, 6.45) is 8.10. The molecule has 0 bridgehead atoms. The van der Waals surface area contributed by atoms with Crippen molar-refractivity contribution in [3.8, 4) is 0 Å². The predicted octanol–water partition coefficient (Wildman–Crippen LogP) is 1.83. The van der Waals surface area contributed by atoms with E-state index in [1.54, 1.807) is 13.1 Å². The van der Waals surface area contributed by atoms with Gasteiger partial charge in [-0.1, -0.05) is 30.9 Å². The molecule has 1 unspecified atom stereocenters. The van der Waals surface area contributed by atoms with Crippen LogP contribution in [0.1, 0.15) is 13.3 Å². The monoisotopic (exact) mass is 209 g/mol. The maximum Gasteiger partial charge on any atom is 0.323 e. The Morgan fingerprint density at radius 3 is 2.67 bits per heavy atom. The molecule has 0 aromatic carbocycles. The zero-order valence-corrected chi connectivity index (χ0v) is 9.62. The average molecular weight is 209 g/mol. The molecule has 15 heavy (non-hydrogen) atoms. The van der Waals surface area contributed by atoms with Crippen LogP contribution in [0.15, 0.2) is 36.5 Å². The number of allylic oxidation sites excluding steroid dienone is 4. The van der Waals surface area contributed by atoms with Gasteiger partial charge in [-0.05, 0) is 26.0 Å². The first-order valence-electron chi connectivity index (χ1n) is 4.89. The molecule has 0 amide bonds. The van der Waals surface area contributed by atoms with E-state index < -0.39 is 0 Å². The zero-order chi connectivity index (χ0) is 11.7. The maximum atomic E-state index is 11.3. The lowest BCUT2D eigenvalue weighted by molar-refractivity contribution is -0.142. The summed E-state index contributed by atoms with van der Waals surface area (Å²) in [5, 5.41) is 2.91. The fraction of sp³-hybridized carbons (Fsp3) is 0.417. The van der Waals surface area contributed by atoms with Gasteiger partial charge in [0.25, 0.3) is 0 Å². The van der Waals surface area contributed by atoms with Crippen LogP contribution < -0.4 is 5.32 Å². The van der Waals surface area contributed by atoms with Crippen LogP contribution in [-0.4, -0.2) is 26.2 Å². The zero-order valence-electron chi connectivity index (χ0n) is 9.62. The molecule has 0 aromatic rings. The van der Waals surface area contributed by atoms with Crippen molar-refractivity contribution >= 4 is 5.97 Å². The number of carbonyl (C=O) groups excluding carboxylic acids is 1. The van der Waals surface area contributed by atoms with Gasteiger partial charge in [0.05, 0.1) is 7.11 Å². The topological polar surface area (TPSA) is 38.3 Å². The van der Waals surface area contributed by atoms with Crippen LogP contribution >= 0.6 is 0 Å². The van der Waals surface area contributed by atoms with Crippen LogP contribution in [0.5, 0.6) is 0 Å². The van der Waals surface area contributed by atoms with Gasteiger partial charge in [-0.3, -0.25) is 4.79 Å². The van der Waals surface area contributed by atoms with Crippen molar-refractivity contribution in [2.75, 3.05) is 14.2 Å². The molecule has 3 heteroatoms. The molecule has 0 radical (unpaired) electrons. The normalized spacial score (nSPS) is 13.9. The highest BCUT2D eigenvalue weighted by Gasteiger charge is 2.16. The van der Waals surface area contributed by atoms with Crippen molar-refractivity contribution < 1.29 is 9.53 Å². The van der Waals surface area contributed by atoms with Gasteiger partial charge in [0.2, 0.25) is 0 Å². The summed E-state index contributed by atoms with van der Waals surface area (Å²) >= 11 is 0. The molecule has 1 atom stereocenters. The Bertz CT molecular complexity index is 267. The summed E-state index contributed by atoms with van der Waals surface area (Å²) in [7, 11) is 3.12. The first-order chi connectivity index (χ1) is 7.19. The predicted molar refractivity (Wildman–Crippen MR) is 62.6 cm³/mol. The molecule has 0 fully saturated rings. The second-order valence-electron chi connectivity index (χ2n) is 3.04. The number of hydrogen-bond acceptors (Lipinski definition) is 3. The third-order valence-electron chi connectivity index (χ3n) is 2.04. The van der Waals surface area contributed by atoms with E-state index in [9.17, 15) is 4.79 Å². The molecule has 0 aliphatic heterocycles. The molecule has 0 aliphatic rings. The minimum atomic E-state index is -0.315. The molecular weight excluding hydrogens is 190 g/mol. The smallest absolute Gasteiger partial charge is 0.323 e. The molecule has 3 nitrogen and oxygen atoms in total. The number of rotatable bonds is 6. The molecule has 0 saturated carbocycles. The Labute approximate surface area is 91.5 Å². The molecule has 0 rings (SSSR count). The van der Waals surface area contributed by atoms with Crippen molar-refractivity contribution in [3.63, 3.8) is 0 Å². The summed E-state index contributed by atoms with van der Waals surface area (Å²) in [4.78, 5) is 11.3. The van der Waals surface area contributed by atoms with E-state index in [0.717, 1.165) is 5.57 Å². The van der Waals surface area contributed by atoms with Crippen molar-refractivity contribution in [2.45, 2.75) is 19.4 Å². The largest absolute Gasteiger partial charge is 0.468 e. The highest BCUT2D eigenvalue weighted by molar-refractivity contribution is 5.76. The first-order valence-corrected chi connectivity index (χ1v) is 4.89. The number of likely N-dealkylation sites (N-methyl/N-ethyl adjacent to an activating group) is 1. The molecule has 0 heterocycles. The number of ether oxygens (including phenoxy) is 1. The summed E-state index contributed by atoms with van der Waals surface area (Å²) < 4.78 is 4.67. The summed E-state index contributed by atoms with van der Waals surface area (Å²) in [5.41, 5.74) is 0.998. The van der Waals surface area contributed by atoms with E-state index in [1.165, 1.54) is 7.11 Å². The van der Waals surface area contributed by atoms with Crippen molar-refractivity contribution in [1.29, 1.82) is 0 Å². The Balaban J connectivity index is 4.50. The van der Waals surface area contributed by atoms with Gasteiger partial charge < -0.3 is 10.1 Å². The van der Waals surface area contributed by atoms with Crippen molar-refractivity contribution in [2.24, 2.45) is 0 Å². The van der Waals surface area contributed by atoms with Gasteiger partial charge >= 0.3 is 5.97 Å². The molecule has 0 spiro atoms. The third kappa shape index (κ3) is 5.18. The fourth-order valence-electron chi connectivity index (χ4n) is 1.12. The van der Waals surface area contributed by atoms with Crippen molar-refractivity contribution in [3.05, 3.63) is 36.5 Å². The number of nitrogens with one attached hydrogen (secondary N) is 1. The van der Waals surface area contributed by atoms with Crippen molar-refractivity contribution in [1.82, 2.24) is 5.32 Å². The van der Waals surface area contributed by atoms with E-state index in [1.807, 2.05) is 25.2 Å². The van der Waals surface area contributed by atoms with E-state index in [4.69, 9.17) is 0 Å². The lowest BCUT2D eigenvalue weighted by Gasteiger charge is -2.13. The van der Waals surface area contributed by atoms with Gasteiger partial charge in [0, 0.05) is 0 Å². The number of methoxy groups -OCH3 is 1. The Morgan fingerprint density at radius 2 is 2.27 bits per heavy atom. The van der Waals surface area contributed by atoms with Crippen LogP contribution in [0, 0.1) is 0 Å². The van der Waals surface area contributed by atoms with Crippen LogP contribution in [-0.2, 0) is 9.53 Å². The van der Waals surface area contributed by atoms with E-state index >= 15 is 0 Å². The third-order valence-corrected chi connectivity index (χ3v) is 2.04. The summed E-state index contributed by atoms with van der Waals surface area (Å²) in [6, 6.07) is -0.315. The van der Waals surface area contributed by atoms with Gasteiger partial charge in [-0.2, -0.15) is 0 Å². The minimum absolute atomic E-state index is 0.259. The molecule has 84 valence electrons. The number of carbonyl (C=O) groups is 1. The highest BCUT2D eigenvalue weighted by Crippen LogP contribution is 2.08. The molecule has 0 aliphatic carbocycles. The Morgan fingerprint density at radius 1 is 1.60 bits per heavy atom. The number of esters is 1. The van der Waals surface area contributed by atoms with Gasteiger partial charge in [0.1, 0.15) is 6.04 Å². The Hall–Kier alpha value is -1.35. The fourth-order valence-corrected chi connectivity index (χ4v) is 1.12. The first kappa shape index (κ1) is 13.7. The van der Waals surface area contributed by atoms with E-state index in [2.05, 4.69) is 16.6 Å². The summed E-state index contributed by atoms with van der Waals surface area (Å²) in [6.45, 7) is 5.64. The van der Waals surface area contributed by atoms with Crippen LogP contribution in [0.3, 0.4) is 0 Å². The quantitative estimate of drug-likeness (QED) is 0.535. The SMILES string of the molecule is C=C/C(=C\C=C/C)CC(NC)C(=O)OC. The van der Waals surface area contributed by atoms with Gasteiger partial charge in [-0.25, -0.2) is 0 Å². The van der Waals surface area contributed by atoms with Crippen LogP contribution in [0.25, 0.3) is 0 Å². The minimum Gasteiger partial charge on any atom is -0.468 e. The van der Waals surface area contributed by atoms with Gasteiger partial charge in [0.15, 0.2) is 0 Å². The summed E-state index contributed by atoms with van der Waals surface area (Å²) in [5.74, 6) is -0.259. The van der Waals surface area contributed by atoms with E-state index in [-0.39, 0.29) is 12.0 Å². The van der Waals surface area contributed by atoms with Gasteiger partial charge in [-0.15, -0.1) is 0 Å². The molecular formula is C12H19NO2. The van der Waals surface area contributed by atoms with Crippen LogP contribution in [0.2, 0.25) is 0 Å². The lowest BCUT2D eigenvalue weighted by atomic mass is 10.1. The molecule has 0 aromatic heterocycles. The second-order valence-corrected chi connectivity index (χ2v) is 3.04. The second kappa shape index (κ2) is 8.00. The van der Waals surface area contributed by atoms with E-state index in [0.29, 0.717) is 6.42 Å². The molecule has 1 N–H and O–H groups in total. The maximum absolute atomic E-state index is 11.3. The highest BCUT2D eigenvalue weighted by atomic mass is 16.5.